The number of anilines is 1. The number of aliphatic hydroxyl groups is 1. The van der Waals surface area contributed by atoms with Crippen LogP contribution in [0, 0.1) is 0 Å². The molecular weight excluding hydrogens is 560 g/mol. The smallest absolute Gasteiger partial charge is 0.457 e. The monoisotopic (exact) mass is 585 g/mol. The van der Waals surface area contributed by atoms with E-state index in [1.807, 2.05) is 13.8 Å². The van der Waals surface area contributed by atoms with Gasteiger partial charge in [-0.1, -0.05) is 56.3 Å². The van der Waals surface area contributed by atoms with E-state index in [-0.39, 0.29) is 17.0 Å². The predicted octanol–water partition coefficient (Wildman–Crippen LogP) is 8.72. The Morgan fingerprint density at radius 3 is 1.88 bits per heavy atom. The summed E-state index contributed by atoms with van der Waals surface area (Å²) in [6.45, 7) is 2.22. The molecule has 0 heterocycles. The van der Waals surface area contributed by atoms with Crippen LogP contribution in [0.4, 0.5) is 49.6 Å². The second-order valence-corrected chi connectivity index (χ2v) is 8.20. The fourth-order valence-electron chi connectivity index (χ4n) is 3.39. The average Bonchev–Trinajstić information content (AvgIpc) is 2.89. The Morgan fingerprint density at radius 1 is 0.725 bits per heavy atom. The summed E-state index contributed by atoms with van der Waals surface area (Å²) in [5, 5.41) is 9.64. The Morgan fingerprint density at radius 2 is 1.30 bits per heavy atom. The first-order valence-corrected chi connectivity index (χ1v) is 11.8. The molecule has 3 aromatic rings. The second kappa shape index (κ2) is 12.8. The van der Waals surface area contributed by atoms with Gasteiger partial charge in [-0.05, 0) is 35.9 Å². The summed E-state index contributed by atoms with van der Waals surface area (Å²) >= 11 is 0. The number of nitrogens with zero attached hydrogens (tertiary/aromatic N) is 1. The third-order valence-electron chi connectivity index (χ3n) is 5.35. The second-order valence-electron chi connectivity index (χ2n) is 8.20. The van der Waals surface area contributed by atoms with Crippen LogP contribution in [0.2, 0.25) is 0 Å². The van der Waals surface area contributed by atoms with Crippen molar-refractivity contribution in [3.63, 3.8) is 0 Å². The van der Waals surface area contributed by atoms with Gasteiger partial charge in [0.15, 0.2) is 6.10 Å². The topological polar surface area (TPSA) is 32.7 Å². The first kappa shape index (κ1) is 32.7. The number of halogens is 10. The molecule has 0 aliphatic rings. The number of ether oxygens (including phenoxy) is 1. The molecule has 0 saturated heterocycles. The number of hydrogen-bond acceptors (Lipinski definition) is 3. The van der Waals surface area contributed by atoms with Crippen molar-refractivity contribution in [2.45, 2.75) is 50.7 Å². The lowest BCUT2D eigenvalue weighted by Gasteiger charge is -2.30. The molecule has 1 N–H and O–H groups in total. The number of alkyl halides is 10. The highest BCUT2D eigenvalue weighted by Crippen LogP contribution is 2.51. The molecule has 0 bridgehead atoms. The van der Waals surface area contributed by atoms with E-state index in [1.54, 1.807) is 30.3 Å². The summed E-state index contributed by atoms with van der Waals surface area (Å²) in [7, 11) is 0. The van der Waals surface area contributed by atoms with E-state index in [1.165, 1.54) is 24.3 Å². The van der Waals surface area contributed by atoms with Crippen molar-refractivity contribution < 1.29 is 53.7 Å². The van der Waals surface area contributed by atoms with E-state index in [2.05, 4.69) is 0 Å². The van der Waals surface area contributed by atoms with Crippen molar-refractivity contribution in [3.05, 3.63) is 90.0 Å². The van der Waals surface area contributed by atoms with Gasteiger partial charge in [-0.15, -0.1) is 0 Å². The Hall–Kier alpha value is -3.48. The molecule has 40 heavy (non-hydrogen) atoms. The predicted molar refractivity (Wildman–Crippen MR) is 129 cm³/mol. The lowest BCUT2D eigenvalue weighted by atomic mass is 9.99. The Bertz CT molecular complexity index is 1210. The van der Waals surface area contributed by atoms with Crippen molar-refractivity contribution in [1.29, 1.82) is 0 Å². The van der Waals surface area contributed by atoms with Gasteiger partial charge in [0, 0.05) is 23.9 Å². The molecule has 0 saturated carbocycles. The SMILES string of the molecule is CC.O[C@H](CN(Cc1cccc(C(F)(F)C(F)(F)C(F)(F)F)c1)c1cccc(Oc2ccccc2)c1)C(F)(F)F. The minimum Gasteiger partial charge on any atom is -0.457 e. The zero-order valence-electron chi connectivity index (χ0n) is 21.1. The number of benzene rings is 3. The maximum absolute atomic E-state index is 14.2. The molecule has 0 aliphatic carbocycles. The summed E-state index contributed by atoms with van der Waals surface area (Å²) in [5.74, 6) is -11.5. The van der Waals surface area contributed by atoms with Crippen LogP contribution >= 0.6 is 0 Å². The fourth-order valence-corrected chi connectivity index (χ4v) is 3.39. The van der Waals surface area contributed by atoms with Crippen molar-refractivity contribution in [3.8, 4) is 11.5 Å². The van der Waals surface area contributed by atoms with E-state index < -0.39 is 49.0 Å². The third-order valence-corrected chi connectivity index (χ3v) is 5.35. The van der Waals surface area contributed by atoms with E-state index in [9.17, 15) is 49.0 Å². The van der Waals surface area contributed by atoms with Gasteiger partial charge in [0.2, 0.25) is 0 Å². The van der Waals surface area contributed by atoms with Crippen LogP contribution in [0.1, 0.15) is 25.0 Å². The molecule has 0 aromatic heterocycles. The summed E-state index contributed by atoms with van der Waals surface area (Å²) < 4.78 is 138. The molecule has 0 spiro atoms. The van der Waals surface area contributed by atoms with Gasteiger partial charge in [-0.25, -0.2) is 0 Å². The highest BCUT2D eigenvalue weighted by molar-refractivity contribution is 5.52. The number of para-hydroxylation sites is 1. The number of hydrogen-bond donors (Lipinski definition) is 1. The zero-order valence-corrected chi connectivity index (χ0v) is 21.1. The lowest BCUT2D eigenvalue weighted by Crippen LogP contribution is -2.50. The van der Waals surface area contributed by atoms with Crippen LogP contribution in [0.5, 0.6) is 11.5 Å². The van der Waals surface area contributed by atoms with Crippen molar-refractivity contribution in [2.75, 3.05) is 11.4 Å². The quantitative estimate of drug-likeness (QED) is 0.255. The Labute approximate surface area is 223 Å². The fraction of sp³-hybridized carbons (Fsp3) is 0.333. The summed E-state index contributed by atoms with van der Waals surface area (Å²) in [5.41, 5.74) is -1.99. The normalized spacial score (nSPS) is 13.2. The first-order chi connectivity index (χ1) is 18.5. The minimum atomic E-state index is -6.56. The highest BCUT2D eigenvalue weighted by Gasteiger charge is 2.73. The van der Waals surface area contributed by atoms with Gasteiger partial charge < -0.3 is 14.7 Å². The average molecular weight is 585 g/mol. The number of rotatable bonds is 9. The molecule has 0 amide bonds. The lowest BCUT2D eigenvalue weighted by molar-refractivity contribution is -0.359. The summed E-state index contributed by atoms with van der Waals surface area (Å²) in [6, 6.07) is 16.2. The maximum Gasteiger partial charge on any atom is 0.460 e. The van der Waals surface area contributed by atoms with Gasteiger partial charge in [-0.2, -0.15) is 43.9 Å². The van der Waals surface area contributed by atoms with Gasteiger partial charge in [0.05, 0.1) is 6.54 Å². The molecule has 0 unspecified atom stereocenters. The van der Waals surface area contributed by atoms with E-state index in [0.717, 1.165) is 17.0 Å². The van der Waals surface area contributed by atoms with Gasteiger partial charge in [-0.3, -0.25) is 0 Å². The van der Waals surface area contributed by atoms with Gasteiger partial charge in [0.25, 0.3) is 0 Å². The van der Waals surface area contributed by atoms with Crippen LogP contribution in [-0.4, -0.2) is 36.0 Å². The zero-order chi connectivity index (χ0) is 30.4. The maximum atomic E-state index is 14.2. The molecule has 220 valence electrons. The highest BCUT2D eigenvalue weighted by atomic mass is 19.4. The molecule has 13 heteroatoms. The van der Waals surface area contributed by atoms with E-state index in [0.29, 0.717) is 17.9 Å². The molecular formula is C27H25F10NO2. The first-order valence-electron chi connectivity index (χ1n) is 11.8. The summed E-state index contributed by atoms with van der Waals surface area (Å²) in [4.78, 5) is 0.898. The van der Waals surface area contributed by atoms with Crippen LogP contribution in [0.25, 0.3) is 0 Å². The van der Waals surface area contributed by atoms with Gasteiger partial charge in [0.1, 0.15) is 11.5 Å². The van der Waals surface area contributed by atoms with Crippen molar-refractivity contribution in [2.24, 2.45) is 0 Å². The third kappa shape index (κ3) is 7.80. The Kier molecular flexibility index (Phi) is 10.5. The van der Waals surface area contributed by atoms with Crippen molar-refractivity contribution >= 4 is 5.69 Å². The largest absolute Gasteiger partial charge is 0.460 e. The Balaban J connectivity index is 0.00000274. The van der Waals surface area contributed by atoms with Gasteiger partial charge >= 0.3 is 24.2 Å². The molecule has 0 aliphatic heterocycles. The molecule has 1 atom stereocenters. The number of aliphatic hydroxyl groups excluding tert-OH is 1. The van der Waals surface area contributed by atoms with Crippen molar-refractivity contribution in [1.82, 2.24) is 0 Å². The molecule has 3 aromatic carbocycles. The summed E-state index contributed by atoms with van der Waals surface area (Å²) in [6.07, 6.45) is -14.5. The molecule has 3 rings (SSSR count). The standard InChI is InChI=1S/C25H19F10NO2.C2H6/c26-22(27,24(31,32)25(33,34)35)17-7-4-6-16(12-17)14-36(15-21(37)23(28,29)30)18-8-5-11-20(13-18)38-19-9-2-1-3-10-19;1-2/h1-13,21,37H,14-15H2;1-2H3/t21-;/m1./s1. The molecule has 0 radical (unpaired) electrons. The molecule has 0 fully saturated rings. The minimum absolute atomic E-state index is 0.0134. The van der Waals surface area contributed by atoms with Crippen LogP contribution in [-0.2, 0) is 12.5 Å². The van der Waals surface area contributed by atoms with E-state index >= 15 is 0 Å². The van der Waals surface area contributed by atoms with Crippen LogP contribution in [0.3, 0.4) is 0 Å². The van der Waals surface area contributed by atoms with Crippen LogP contribution < -0.4 is 9.64 Å². The molecule has 3 nitrogen and oxygen atoms in total. The van der Waals surface area contributed by atoms with Crippen LogP contribution in [0.15, 0.2) is 78.9 Å². The van der Waals surface area contributed by atoms with E-state index in [4.69, 9.17) is 4.74 Å².